The summed E-state index contributed by atoms with van der Waals surface area (Å²) in [6.45, 7) is 10.7. The van der Waals surface area contributed by atoms with Crippen molar-refractivity contribution < 1.29 is 19.4 Å². The molecular formula is C13H23NO4. The van der Waals surface area contributed by atoms with E-state index in [2.05, 4.69) is 11.9 Å². The van der Waals surface area contributed by atoms with E-state index in [0.717, 1.165) is 0 Å². The molecule has 0 aromatic carbocycles. The largest absolute Gasteiger partial charge is 0.480 e. The van der Waals surface area contributed by atoms with Gasteiger partial charge in [-0.3, -0.25) is 4.79 Å². The van der Waals surface area contributed by atoms with E-state index in [4.69, 9.17) is 9.84 Å². The number of carbonyl (C=O) groups excluding carboxylic acids is 1. The van der Waals surface area contributed by atoms with Gasteiger partial charge in [0.15, 0.2) is 6.04 Å². The molecule has 0 aromatic heterocycles. The Morgan fingerprint density at radius 1 is 1.44 bits per heavy atom. The van der Waals surface area contributed by atoms with Crippen molar-refractivity contribution in [2.75, 3.05) is 0 Å². The summed E-state index contributed by atoms with van der Waals surface area (Å²) in [6, 6.07) is -1.04. The van der Waals surface area contributed by atoms with Gasteiger partial charge in [-0.25, -0.2) is 4.79 Å². The second-order valence-corrected chi connectivity index (χ2v) is 5.15. The smallest absolute Gasteiger partial charge is 0.328 e. The molecule has 0 rings (SSSR count). The quantitative estimate of drug-likeness (QED) is 0.681. The molecule has 5 nitrogen and oxygen atoms in total. The average Bonchev–Trinajstić information content (AvgIpc) is 2.19. The molecule has 0 aliphatic carbocycles. The highest BCUT2D eigenvalue weighted by Gasteiger charge is 2.29. The van der Waals surface area contributed by atoms with Gasteiger partial charge >= 0.3 is 5.97 Å². The predicted octanol–water partition coefficient (Wildman–Crippen LogP) is 1.73. The minimum absolute atomic E-state index is 0.232. The van der Waals surface area contributed by atoms with Gasteiger partial charge in [0.1, 0.15) is 0 Å². The molecule has 0 spiro atoms. The molecule has 0 aliphatic rings. The molecule has 2 N–H and O–H groups in total. The molecule has 0 aliphatic heterocycles. The number of allylic oxidation sites excluding steroid dienone is 1. The van der Waals surface area contributed by atoms with Crippen molar-refractivity contribution in [1.82, 2.24) is 5.32 Å². The Kier molecular flexibility index (Phi) is 6.62. The van der Waals surface area contributed by atoms with Crippen LogP contribution < -0.4 is 5.32 Å². The summed E-state index contributed by atoms with van der Waals surface area (Å²) in [6.07, 6.45) is 1.77. The Labute approximate surface area is 108 Å². The third-order valence-electron chi connectivity index (χ3n) is 2.17. The first-order valence-corrected chi connectivity index (χ1v) is 5.98. The van der Waals surface area contributed by atoms with Crippen molar-refractivity contribution in [3.05, 3.63) is 12.7 Å². The minimum atomic E-state index is -1.10. The van der Waals surface area contributed by atoms with E-state index in [1.54, 1.807) is 13.0 Å². The molecule has 0 fully saturated rings. The molecule has 0 aromatic rings. The number of carbonyl (C=O) groups is 2. The zero-order valence-electron chi connectivity index (χ0n) is 11.5. The van der Waals surface area contributed by atoms with Gasteiger partial charge in [0, 0.05) is 6.42 Å². The highest BCUT2D eigenvalue weighted by atomic mass is 16.5. The summed E-state index contributed by atoms with van der Waals surface area (Å²) in [5.74, 6) is -1.41. The normalized spacial score (nSPS) is 14.7. The summed E-state index contributed by atoms with van der Waals surface area (Å²) in [4.78, 5) is 22.6. The lowest BCUT2D eigenvalue weighted by atomic mass is 10.1. The zero-order valence-corrected chi connectivity index (χ0v) is 11.5. The fourth-order valence-electron chi connectivity index (χ4n) is 1.48. The number of hydrogen-bond acceptors (Lipinski definition) is 3. The molecule has 0 unspecified atom stereocenters. The lowest BCUT2D eigenvalue weighted by molar-refractivity contribution is -0.150. The topological polar surface area (TPSA) is 75.6 Å². The molecule has 0 bridgehead atoms. The van der Waals surface area contributed by atoms with Crippen molar-refractivity contribution in [3.63, 3.8) is 0 Å². The second-order valence-electron chi connectivity index (χ2n) is 5.15. The molecule has 104 valence electrons. The molecule has 0 saturated heterocycles. The highest BCUT2D eigenvalue weighted by molar-refractivity contribution is 5.84. The van der Waals surface area contributed by atoms with Crippen molar-refractivity contribution >= 4 is 11.9 Å². The van der Waals surface area contributed by atoms with Crippen LogP contribution in [-0.2, 0) is 14.3 Å². The van der Waals surface area contributed by atoms with E-state index in [1.165, 1.54) is 0 Å². The standard InChI is InChI=1S/C13H23NO4/c1-6-7-8-10(15)14-11(12(16)17)9(2)18-13(3,4)5/h6,9,11H,1,7-8H2,2-5H3,(H,14,15)(H,16,17)/t9-,11-/m0/s1. The van der Waals surface area contributed by atoms with Crippen LogP contribution >= 0.6 is 0 Å². The van der Waals surface area contributed by atoms with Crippen LogP contribution in [0.4, 0.5) is 0 Å². The maximum Gasteiger partial charge on any atom is 0.328 e. The van der Waals surface area contributed by atoms with Gasteiger partial charge in [0.05, 0.1) is 11.7 Å². The van der Waals surface area contributed by atoms with Gasteiger partial charge in [-0.1, -0.05) is 6.08 Å². The molecule has 0 radical (unpaired) electrons. The first-order chi connectivity index (χ1) is 8.17. The number of ether oxygens (including phenoxy) is 1. The number of carboxylic acid groups (broad SMARTS) is 1. The molecule has 1 amide bonds. The van der Waals surface area contributed by atoms with Crippen LogP contribution in [0, 0.1) is 0 Å². The SMILES string of the molecule is C=CCCC(=O)N[C@H](C(=O)O)[C@H](C)OC(C)(C)C. The summed E-state index contributed by atoms with van der Waals surface area (Å²) < 4.78 is 5.55. The van der Waals surface area contributed by atoms with E-state index >= 15 is 0 Å². The third kappa shape index (κ3) is 7.06. The van der Waals surface area contributed by atoms with Crippen molar-refractivity contribution in [3.8, 4) is 0 Å². The summed E-state index contributed by atoms with van der Waals surface area (Å²) in [5, 5.41) is 11.6. The van der Waals surface area contributed by atoms with Gasteiger partial charge in [0.25, 0.3) is 0 Å². The molecule has 0 heterocycles. The van der Waals surface area contributed by atoms with Crippen LogP contribution in [0.15, 0.2) is 12.7 Å². The van der Waals surface area contributed by atoms with Crippen LogP contribution in [0.2, 0.25) is 0 Å². The van der Waals surface area contributed by atoms with Crippen LogP contribution in [0.5, 0.6) is 0 Å². The maximum absolute atomic E-state index is 11.5. The molecule has 18 heavy (non-hydrogen) atoms. The fourth-order valence-corrected chi connectivity index (χ4v) is 1.48. The Bertz CT molecular complexity index is 307. The van der Waals surface area contributed by atoms with Gasteiger partial charge in [-0.05, 0) is 34.1 Å². The Morgan fingerprint density at radius 2 is 2.00 bits per heavy atom. The van der Waals surface area contributed by atoms with Gasteiger partial charge < -0.3 is 15.2 Å². The number of aliphatic carboxylic acids is 1. The van der Waals surface area contributed by atoms with Crippen molar-refractivity contribution in [1.29, 1.82) is 0 Å². The van der Waals surface area contributed by atoms with Crippen molar-refractivity contribution in [2.24, 2.45) is 0 Å². The number of rotatable bonds is 7. The van der Waals surface area contributed by atoms with Crippen LogP contribution in [0.25, 0.3) is 0 Å². The Morgan fingerprint density at radius 3 is 2.39 bits per heavy atom. The summed E-state index contributed by atoms with van der Waals surface area (Å²) >= 11 is 0. The van der Waals surface area contributed by atoms with Crippen LogP contribution in [-0.4, -0.2) is 34.7 Å². The first kappa shape index (κ1) is 16.6. The van der Waals surface area contributed by atoms with E-state index in [-0.39, 0.29) is 12.3 Å². The van der Waals surface area contributed by atoms with Gasteiger partial charge in [-0.15, -0.1) is 6.58 Å². The van der Waals surface area contributed by atoms with E-state index in [0.29, 0.717) is 6.42 Å². The highest BCUT2D eigenvalue weighted by Crippen LogP contribution is 2.13. The third-order valence-corrected chi connectivity index (χ3v) is 2.17. The van der Waals surface area contributed by atoms with E-state index < -0.39 is 23.7 Å². The molecule has 0 saturated carbocycles. The first-order valence-electron chi connectivity index (χ1n) is 5.98. The fraction of sp³-hybridized carbons (Fsp3) is 0.692. The minimum Gasteiger partial charge on any atom is -0.480 e. The number of hydrogen-bond donors (Lipinski definition) is 2. The van der Waals surface area contributed by atoms with Gasteiger partial charge in [0.2, 0.25) is 5.91 Å². The van der Waals surface area contributed by atoms with Gasteiger partial charge in [-0.2, -0.15) is 0 Å². The van der Waals surface area contributed by atoms with Crippen LogP contribution in [0.1, 0.15) is 40.5 Å². The lowest BCUT2D eigenvalue weighted by Crippen LogP contribution is -2.50. The summed E-state index contributed by atoms with van der Waals surface area (Å²) in [5.41, 5.74) is -0.459. The maximum atomic E-state index is 11.5. The number of amides is 1. The predicted molar refractivity (Wildman–Crippen MR) is 69.3 cm³/mol. The summed E-state index contributed by atoms with van der Waals surface area (Å²) in [7, 11) is 0. The monoisotopic (exact) mass is 257 g/mol. The molecule has 2 atom stereocenters. The van der Waals surface area contributed by atoms with Crippen molar-refractivity contribution in [2.45, 2.75) is 58.3 Å². The Hall–Kier alpha value is -1.36. The van der Waals surface area contributed by atoms with E-state index in [1.807, 2.05) is 20.8 Å². The number of carboxylic acids is 1. The lowest BCUT2D eigenvalue weighted by Gasteiger charge is -2.29. The van der Waals surface area contributed by atoms with E-state index in [9.17, 15) is 9.59 Å². The number of nitrogens with one attached hydrogen (secondary N) is 1. The average molecular weight is 257 g/mol. The molecular weight excluding hydrogens is 234 g/mol. The second kappa shape index (κ2) is 7.16. The zero-order chi connectivity index (χ0) is 14.3. The van der Waals surface area contributed by atoms with Crippen LogP contribution in [0.3, 0.4) is 0 Å². The molecule has 5 heteroatoms. The Balaban J connectivity index is 4.52.